The first-order valence-corrected chi connectivity index (χ1v) is 8.82. The zero-order valence-corrected chi connectivity index (χ0v) is 15.2. The van der Waals surface area contributed by atoms with E-state index in [0.717, 1.165) is 18.9 Å². The average molecular weight is 364 g/mol. The molecule has 2 N–H and O–H groups in total. The Morgan fingerprint density at radius 1 is 1.23 bits per heavy atom. The highest BCUT2D eigenvalue weighted by atomic mass is 16.7. The van der Waals surface area contributed by atoms with Crippen molar-refractivity contribution in [2.24, 2.45) is 11.8 Å². The third kappa shape index (κ3) is 2.95. The van der Waals surface area contributed by atoms with E-state index in [4.69, 9.17) is 14.2 Å². The fraction of sp³-hybridized carbons (Fsp3) is 0.579. The quantitative estimate of drug-likeness (QED) is 0.612. The Kier molecular flexibility index (Phi) is 4.94. The number of ketones is 2. The van der Waals surface area contributed by atoms with Gasteiger partial charge in [-0.3, -0.25) is 9.59 Å². The second-order valence-electron chi connectivity index (χ2n) is 6.99. The summed E-state index contributed by atoms with van der Waals surface area (Å²) in [5, 5.41) is 20.6. The number of methoxy groups -OCH3 is 1. The average Bonchev–Trinajstić information content (AvgIpc) is 2.61. The van der Waals surface area contributed by atoms with Gasteiger partial charge in [-0.15, -0.1) is 0 Å². The lowest BCUT2D eigenvalue weighted by Gasteiger charge is -2.43. The summed E-state index contributed by atoms with van der Waals surface area (Å²) in [5.74, 6) is -3.98. The van der Waals surface area contributed by atoms with Crippen molar-refractivity contribution in [2.75, 3.05) is 20.3 Å². The summed E-state index contributed by atoms with van der Waals surface area (Å²) in [6.45, 7) is 4.34. The van der Waals surface area contributed by atoms with E-state index in [-0.39, 0.29) is 35.7 Å². The summed E-state index contributed by atoms with van der Waals surface area (Å²) < 4.78 is 16.6. The Bertz CT molecular complexity index is 742. The first-order chi connectivity index (χ1) is 12.3. The highest BCUT2D eigenvalue weighted by molar-refractivity contribution is 6.19. The van der Waals surface area contributed by atoms with E-state index in [0.29, 0.717) is 6.61 Å². The monoisotopic (exact) mass is 364 g/mol. The molecule has 2 aliphatic rings. The van der Waals surface area contributed by atoms with Crippen LogP contribution in [0.4, 0.5) is 0 Å². The number of ether oxygens (including phenoxy) is 3. The Morgan fingerprint density at radius 2 is 1.92 bits per heavy atom. The van der Waals surface area contributed by atoms with Crippen LogP contribution in [0.15, 0.2) is 6.07 Å². The van der Waals surface area contributed by atoms with Gasteiger partial charge in [0.25, 0.3) is 0 Å². The number of carbonyl (C=O) groups is 2. The van der Waals surface area contributed by atoms with Crippen LogP contribution in [-0.4, -0.2) is 47.9 Å². The number of rotatable bonds is 5. The fourth-order valence-electron chi connectivity index (χ4n) is 3.70. The van der Waals surface area contributed by atoms with E-state index < -0.39 is 34.9 Å². The number of hydrogen-bond donors (Lipinski definition) is 2. The van der Waals surface area contributed by atoms with Gasteiger partial charge in [0.1, 0.15) is 5.75 Å². The van der Waals surface area contributed by atoms with Gasteiger partial charge in [0.05, 0.1) is 30.8 Å². The lowest BCUT2D eigenvalue weighted by atomic mass is 9.70. The topological polar surface area (TPSA) is 102 Å². The molecule has 0 amide bonds. The van der Waals surface area contributed by atoms with Crippen LogP contribution in [0.3, 0.4) is 0 Å². The maximum absolute atomic E-state index is 13.1. The van der Waals surface area contributed by atoms with Crippen molar-refractivity contribution in [1.29, 1.82) is 0 Å². The number of hydrogen-bond acceptors (Lipinski definition) is 7. The second-order valence-corrected chi connectivity index (χ2v) is 6.99. The minimum atomic E-state index is -0.958. The molecule has 1 saturated heterocycles. The van der Waals surface area contributed by atoms with Crippen molar-refractivity contribution >= 4 is 11.6 Å². The SMILES string of the molecule is CCCCO[C@@]1(C)C[C@H]2C(=O)c3c(O)c(OC)cc(O)c3C(=O)[C@@H]2CO1. The number of phenols is 2. The van der Waals surface area contributed by atoms with Crippen LogP contribution in [0.5, 0.6) is 17.2 Å². The smallest absolute Gasteiger partial charge is 0.173 e. The normalized spacial score (nSPS) is 27.8. The van der Waals surface area contributed by atoms with Crippen molar-refractivity contribution in [3.05, 3.63) is 17.2 Å². The van der Waals surface area contributed by atoms with Crippen LogP contribution in [0, 0.1) is 11.8 Å². The van der Waals surface area contributed by atoms with E-state index in [1.165, 1.54) is 7.11 Å². The van der Waals surface area contributed by atoms with Gasteiger partial charge in [0.2, 0.25) is 0 Å². The molecule has 0 radical (unpaired) electrons. The van der Waals surface area contributed by atoms with Crippen LogP contribution in [0.1, 0.15) is 53.8 Å². The molecular formula is C19H24O7. The summed E-state index contributed by atoms with van der Waals surface area (Å²) in [4.78, 5) is 25.9. The van der Waals surface area contributed by atoms with Gasteiger partial charge in [-0.1, -0.05) is 13.3 Å². The summed E-state index contributed by atoms with van der Waals surface area (Å²) >= 11 is 0. The van der Waals surface area contributed by atoms with E-state index in [9.17, 15) is 19.8 Å². The molecule has 7 heteroatoms. The van der Waals surface area contributed by atoms with Crippen molar-refractivity contribution in [1.82, 2.24) is 0 Å². The zero-order chi connectivity index (χ0) is 19.1. The summed E-state index contributed by atoms with van der Waals surface area (Å²) in [6.07, 6.45) is 2.05. The van der Waals surface area contributed by atoms with Crippen LogP contribution >= 0.6 is 0 Å². The van der Waals surface area contributed by atoms with E-state index >= 15 is 0 Å². The molecule has 1 aromatic rings. The maximum atomic E-state index is 13.1. The van der Waals surface area contributed by atoms with Crippen LogP contribution in [0.25, 0.3) is 0 Å². The van der Waals surface area contributed by atoms with Gasteiger partial charge in [0.15, 0.2) is 28.9 Å². The first-order valence-electron chi connectivity index (χ1n) is 8.82. The van der Waals surface area contributed by atoms with Gasteiger partial charge in [0, 0.05) is 25.0 Å². The zero-order valence-electron chi connectivity index (χ0n) is 15.2. The van der Waals surface area contributed by atoms with Gasteiger partial charge in [-0.05, 0) is 13.3 Å². The fourth-order valence-corrected chi connectivity index (χ4v) is 3.70. The molecule has 0 unspecified atom stereocenters. The number of carbonyl (C=O) groups excluding carboxylic acids is 2. The minimum Gasteiger partial charge on any atom is -0.507 e. The van der Waals surface area contributed by atoms with Gasteiger partial charge in [-0.2, -0.15) is 0 Å². The van der Waals surface area contributed by atoms with E-state index in [1.54, 1.807) is 6.92 Å². The summed E-state index contributed by atoms with van der Waals surface area (Å²) in [6, 6.07) is 1.14. The molecule has 0 spiro atoms. The van der Waals surface area contributed by atoms with E-state index in [1.807, 2.05) is 6.92 Å². The van der Waals surface area contributed by atoms with Crippen LogP contribution < -0.4 is 4.74 Å². The molecule has 1 aromatic carbocycles. The molecule has 1 aliphatic heterocycles. The molecule has 7 nitrogen and oxygen atoms in total. The molecule has 0 saturated carbocycles. The Hall–Kier alpha value is -2.12. The highest BCUT2D eigenvalue weighted by Gasteiger charge is 2.51. The Labute approximate surface area is 151 Å². The van der Waals surface area contributed by atoms with E-state index in [2.05, 4.69) is 0 Å². The standard InChI is InChI=1S/C19H24O7/c1-4-5-6-25-19(2)8-10-11(9-26-19)17(22)14-12(20)7-13(24-3)18(23)15(14)16(10)21/h7,10-11,20,23H,4-6,8-9H2,1-3H3/t10-,11-,19-/m1/s1. The molecular weight excluding hydrogens is 340 g/mol. The maximum Gasteiger partial charge on any atom is 0.173 e. The molecule has 0 bridgehead atoms. The number of aromatic hydroxyl groups is 2. The molecule has 142 valence electrons. The number of phenolic OH excluding ortho intramolecular Hbond substituents is 2. The summed E-state index contributed by atoms with van der Waals surface area (Å²) in [5.41, 5.74) is -0.334. The third-order valence-corrected chi connectivity index (χ3v) is 5.18. The van der Waals surface area contributed by atoms with Gasteiger partial charge in [-0.25, -0.2) is 0 Å². The number of fused-ring (bicyclic) bond motifs is 2. The van der Waals surface area contributed by atoms with Crippen molar-refractivity contribution in [3.8, 4) is 17.2 Å². The number of benzene rings is 1. The number of unbranched alkanes of at least 4 members (excludes halogenated alkanes) is 1. The predicted octanol–water partition coefficient (Wildman–Crippen LogP) is 2.67. The van der Waals surface area contributed by atoms with Crippen LogP contribution in [-0.2, 0) is 9.47 Å². The molecule has 0 aromatic heterocycles. The first kappa shape index (κ1) is 18.7. The molecule has 1 heterocycles. The van der Waals surface area contributed by atoms with Crippen molar-refractivity contribution in [2.45, 2.75) is 38.9 Å². The largest absolute Gasteiger partial charge is 0.507 e. The summed E-state index contributed by atoms with van der Waals surface area (Å²) in [7, 11) is 1.31. The highest BCUT2D eigenvalue weighted by Crippen LogP contribution is 2.48. The van der Waals surface area contributed by atoms with Gasteiger partial charge < -0.3 is 24.4 Å². The minimum absolute atomic E-state index is 0.0313. The van der Waals surface area contributed by atoms with Gasteiger partial charge >= 0.3 is 0 Å². The molecule has 26 heavy (non-hydrogen) atoms. The lowest BCUT2D eigenvalue weighted by molar-refractivity contribution is -0.257. The third-order valence-electron chi connectivity index (χ3n) is 5.18. The lowest BCUT2D eigenvalue weighted by Crippen LogP contribution is -2.51. The molecule has 3 rings (SSSR count). The predicted molar refractivity (Wildman–Crippen MR) is 91.8 cm³/mol. The molecule has 1 aliphatic carbocycles. The molecule has 1 fully saturated rings. The second kappa shape index (κ2) is 6.89. The number of Topliss-reactive ketones (excluding diaryl/α,β-unsaturated/α-hetero) is 2. The van der Waals surface area contributed by atoms with Crippen molar-refractivity contribution in [3.63, 3.8) is 0 Å². The Balaban J connectivity index is 1.97. The van der Waals surface area contributed by atoms with Crippen LogP contribution in [0.2, 0.25) is 0 Å². The Morgan fingerprint density at radius 3 is 2.58 bits per heavy atom. The van der Waals surface area contributed by atoms with Crippen molar-refractivity contribution < 1.29 is 34.0 Å². The molecule has 3 atom stereocenters.